The van der Waals surface area contributed by atoms with Gasteiger partial charge in [-0.05, 0) is 42.0 Å². The minimum Gasteiger partial charge on any atom is -0.481 e. The molecule has 1 aliphatic carbocycles. The minimum absolute atomic E-state index is 0.0247. The van der Waals surface area contributed by atoms with Crippen LogP contribution in [0.2, 0.25) is 0 Å². The smallest absolute Gasteiger partial charge is 0.407 e. The molecule has 3 unspecified atom stereocenters. The molecule has 0 spiro atoms. The number of hydrogen-bond acceptors (Lipinski definition) is 4. The minimum atomic E-state index is -0.930. The first-order valence-corrected chi connectivity index (χ1v) is 11.9. The number of aliphatic carboxylic acids is 1. The second kappa shape index (κ2) is 11.7. The Labute approximate surface area is 200 Å². The van der Waals surface area contributed by atoms with Crippen molar-refractivity contribution in [1.29, 1.82) is 0 Å². The molecule has 7 heteroatoms. The summed E-state index contributed by atoms with van der Waals surface area (Å²) in [5, 5.41) is 14.5. The van der Waals surface area contributed by atoms with Crippen molar-refractivity contribution in [2.24, 2.45) is 11.8 Å². The zero-order chi connectivity index (χ0) is 24.7. The van der Waals surface area contributed by atoms with Crippen LogP contribution >= 0.6 is 0 Å². The van der Waals surface area contributed by atoms with Gasteiger partial charge < -0.3 is 20.5 Å². The summed E-state index contributed by atoms with van der Waals surface area (Å²) in [5.74, 6) is -1.89. The molecule has 0 radical (unpaired) electrons. The highest BCUT2D eigenvalue weighted by Crippen LogP contribution is 2.44. The summed E-state index contributed by atoms with van der Waals surface area (Å²) >= 11 is 0. The molecule has 7 nitrogen and oxygen atoms in total. The van der Waals surface area contributed by atoms with Gasteiger partial charge in [-0.1, -0.05) is 68.8 Å². The lowest BCUT2D eigenvalue weighted by atomic mass is 9.98. The van der Waals surface area contributed by atoms with Crippen LogP contribution in [0.4, 0.5) is 4.79 Å². The fraction of sp³-hybridized carbons (Fsp3) is 0.444. The molecule has 0 heterocycles. The number of rotatable bonds is 11. The van der Waals surface area contributed by atoms with Crippen LogP contribution < -0.4 is 10.6 Å². The van der Waals surface area contributed by atoms with Gasteiger partial charge in [0.25, 0.3) is 0 Å². The third-order valence-corrected chi connectivity index (χ3v) is 6.43. The number of amides is 2. The standard InChI is InChI=1S/C27H34N2O5/c1-17(25(30)28-15-18(2)26(31)32)9-8-10-19(3)29-27(33)34-16-24-22-13-6-4-11-20(22)21-12-5-7-14-23(21)24/h4-7,11-14,17-19,24H,8-10,15-16H2,1-3H3,(H,28,30)(H,29,33)(H,31,32). The highest BCUT2D eigenvalue weighted by Gasteiger charge is 2.29. The number of alkyl carbamates (subject to hydrolysis) is 1. The fourth-order valence-corrected chi connectivity index (χ4v) is 4.29. The number of ether oxygens (including phenoxy) is 1. The molecule has 0 fully saturated rings. The first kappa shape index (κ1) is 25.3. The van der Waals surface area contributed by atoms with Gasteiger partial charge in [-0.15, -0.1) is 0 Å². The molecule has 2 aromatic carbocycles. The summed E-state index contributed by atoms with van der Waals surface area (Å²) in [7, 11) is 0. The Morgan fingerprint density at radius 1 is 0.912 bits per heavy atom. The number of carboxylic acids is 1. The van der Waals surface area contributed by atoms with E-state index < -0.39 is 18.0 Å². The average Bonchev–Trinajstić information content (AvgIpc) is 3.14. The van der Waals surface area contributed by atoms with E-state index in [1.807, 2.05) is 38.1 Å². The summed E-state index contributed by atoms with van der Waals surface area (Å²) < 4.78 is 5.59. The van der Waals surface area contributed by atoms with E-state index >= 15 is 0 Å². The van der Waals surface area contributed by atoms with E-state index in [2.05, 4.69) is 34.9 Å². The van der Waals surface area contributed by atoms with Crippen molar-refractivity contribution in [1.82, 2.24) is 10.6 Å². The first-order valence-electron chi connectivity index (χ1n) is 11.9. The lowest BCUT2D eigenvalue weighted by Gasteiger charge is -2.18. The van der Waals surface area contributed by atoms with Crippen LogP contribution in [0.15, 0.2) is 48.5 Å². The molecule has 0 saturated heterocycles. The predicted octanol–water partition coefficient (Wildman–Crippen LogP) is 4.56. The highest BCUT2D eigenvalue weighted by atomic mass is 16.5. The van der Waals surface area contributed by atoms with Gasteiger partial charge in [0.1, 0.15) is 6.61 Å². The maximum Gasteiger partial charge on any atom is 0.407 e. The number of nitrogens with one attached hydrogen (secondary N) is 2. The number of benzene rings is 2. The molecule has 2 aromatic rings. The van der Waals surface area contributed by atoms with Crippen LogP contribution in [0.5, 0.6) is 0 Å². The van der Waals surface area contributed by atoms with Gasteiger partial charge in [-0.3, -0.25) is 9.59 Å². The number of carbonyl (C=O) groups is 3. The topological polar surface area (TPSA) is 105 Å². The largest absolute Gasteiger partial charge is 0.481 e. The van der Waals surface area contributed by atoms with E-state index in [-0.39, 0.29) is 36.9 Å². The molecule has 2 amide bonds. The van der Waals surface area contributed by atoms with Gasteiger partial charge in [0.2, 0.25) is 5.91 Å². The van der Waals surface area contributed by atoms with Crippen LogP contribution in [0.3, 0.4) is 0 Å². The Morgan fingerprint density at radius 3 is 2.09 bits per heavy atom. The molecule has 0 aliphatic heterocycles. The molecule has 3 atom stereocenters. The van der Waals surface area contributed by atoms with Crippen molar-refractivity contribution in [2.75, 3.05) is 13.2 Å². The number of fused-ring (bicyclic) bond motifs is 3. The molecule has 0 saturated carbocycles. The first-order chi connectivity index (χ1) is 16.3. The number of carboxylic acid groups (broad SMARTS) is 1. The van der Waals surface area contributed by atoms with E-state index in [4.69, 9.17) is 9.84 Å². The molecule has 3 N–H and O–H groups in total. The van der Waals surface area contributed by atoms with E-state index in [0.717, 1.165) is 6.42 Å². The molecule has 182 valence electrons. The zero-order valence-electron chi connectivity index (χ0n) is 20.0. The molecular formula is C27H34N2O5. The lowest BCUT2D eigenvalue weighted by Crippen LogP contribution is -2.35. The Morgan fingerprint density at radius 2 is 1.50 bits per heavy atom. The van der Waals surface area contributed by atoms with Gasteiger partial charge in [0.05, 0.1) is 5.92 Å². The molecule has 34 heavy (non-hydrogen) atoms. The molecule has 0 aromatic heterocycles. The van der Waals surface area contributed by atoms with E-state index in [1.165, 1.54) is 22.3 Å². The normalized spacial score (nSPS) is 14.9. The summed E-state index contributed by atoms with van der Waals surface area (Å²) in [6.45, 7) is 5.70. The van der Waals surface area contributed by atoms with Gasteiger partial charge in [0.15, 0.2) is 0 Å². The monoisotopic (exact) mass is 466 g/mol. The van der Waals surface area contributed by atoms with Crippen molar-refractivity contribution >= 4 is 18.0 Å². The quantitative estimate of drug-likeness (QED) is 0.450. The average molecular weight is 467 g/mol. The SMILES string of the molecule is CC(CCCC(C)C(=O)NCC(C)C(=O)O)NC(=O)OCC1c2ccccc2-c2ccccc21. The van der Waals surface area contributed by atoms with Crippen LogP contribution in [0.1, 0.15) is 57.1 Å². The maximum absolute atomic E-state index is 12.4. The summed E-state index contributed by atoms with van der Waals surface area (Å²) in [6.07, 6.45) is 1.69. The van der Waals surface area contributed by atoms with Crippen molar-refractivity contribution in [3.05, 3.63) is 59.7 Å². The fourth-order valence-electron chi connectivity index (χ4n) is 4.29. The lowest BCUT2D eigenvalue weighted by molar-refractivity contribution is -0.141. The zero-order valence-corrected chi connectivity index (χ0v) is 20.0. The summed E-state index contributed by atoms with van der Waals surface area (Å²) in [6, 6.07) is 16.4. The van der Waals surface area contributed by atoms with Crippen LogP contribution in [-0.2, 0) is 14.3 Å². The maximum atomic E-state index is 12.4. The van der Waals surface area contributed by atoms with Gasteiger partial charge in [-0.2, -0.15) is 0 Å². The Bertz CT molecular complexity index is 976. The van der Waals surface area contributed by atoms with E-state index in [0.29, 0.717) is 12.8 Å². The van der Waals surface area contributed by atoms with Gasteiger partial charge >= 0.3 is 12.1 Å². The molecular weight excluding hydrogens is 432 g/mol. The summed E-state index contributed by atoms with van der Waals surface area (Å²) in [4.78, 5) is 35.4. The van der Waals surface area contributed by atoms with Crippen LogP contribution in [0.25, 0.3) is 11.1 Å². The predicted molar refractivity (Wildman–Crippen MR) is 130 cm³/mol. The third-order valence-electron chi connectivity index (χ3n) is 6.43. The third kappa shape index (κ3) is 6.37. The Balaban J connectivity index is 1.39. The molecule has 1 aliphatic rings. The molecule has 3 rings (SSSR count). The summed E-state index contributed by atoms with van der Waals surface area (Å²) in [5.41, 5.74) is 4.73. The van der Waals surface area contributed by atoms with Crippen LogP contribution in [-0.4, -0.2) is 42.3 Å². The highest BCUT2D eigenvalue weighted by molar-refractivity contribution is 5.80. The Hall–Kier alpha value is -3.35. The van der Waals surface area contributed by atoms with Crippen molar-refractivity contribution < 1.29 is 24.2 Å². The van der Waals surface area contributed by atoms with E-state index in [9.17, 15) is 14.4 Å². The second-order valence-corrected chi connectivity index (χ2v) is 9.19. The van der Waals surface area contributed by atoms with Gasteiger partial charge in [-0.25, -0.2) is 4.79 Å². The van der Waals surface area contributed by atoms with E-state index in [1.54, 1.807) is 6.92 Å². The number of hydrogen-bond donors (Lipinski definition) is 3. The van der Waals surface area contributed by atoms with Crippen molar-refractivity contribution in [3.63, 3.8) is 0 Å². The van der Waals surface area contributed by atoms with Gasteiger partial charge in [0, 0.05) is 24.4 Å². The van der Waals surface area contributed by atoms with Crippen molar-refractivity contribution in [2.45, 2.75) is 52.0 Å². The Kier molecular flexibility index (Phi) is 8.68. The van der Waals surface area contributed by atoms with Crippen LogP contribution in [0, 0.1) is 11.8 Å². The number of carbonyl (C=O) groups excluding carboxylic acids is 2. The second-order valence-electron chi connectivity index (χ2n) is 9.19. The van der Waals surface area contributed by atoms with Crippen molar-refractivity contribution in [3.8, 4) is 11.1 Å². The molecule has 0 bridgehead atoms.